The molecule has 1 aliphatic rings. The SMILES string of the molecule is NCc1ccc(C(=O)N2CCN(c3ccc(O)cc3)CC2)cc1. The molecule has 2 aromatic rings. The van der Waals surface area contributed by atoms with E-state index in [0.29, 0.717) is 25.2 Å². The van der Waals surface area contributed by atoms with Crippen molar-refractivity contribution in [2.45, 2.75) is 6.54 Å². The summed E-state index contributed by atoms with van der Waals surface area (Å²) in [6.07, 6.45) is 0. The Balaban J connectivity index is 1.61. The van der Waals surface area contributed by atoms with Gasteiger partial charge in [0, 0.05) is 44.0 Å². The van der Waals surface area contributed by atoms with Gasteiger partial charge in [-0.2, -0.15) is 0 Å². The predicted molar refractivity (Wildman–Crippen MR) is 90.6 cm³/mol. The van der Waals surface area contributed by atoms with Crippen LogP contribution in [-0.4, -0.2) is 42.1 Å². The normalized spacial score (nSPS) is 14.8. The van der Waals surface area contributed by atoms with Gasteiger partial charge in [0.15, 0.2) is 0 Å². The van der Waals surface area contributed by atoms with Crippen LogP contribution in [0, 0.1) is 0 Å². The summed E-state index contributed by atoms with van der Waals surface area (Å²) in [5.41, 5.74) is 8.39. The van der Waals surface area contributed by atoms with Crippen LogP contribution >= 0.6 is 0 Å². The van der Waals surface area contributed by atoms with Crippen LogP contribution in [0.4, 0.5) is 5.69 Å². The first-order chi connectivity index (χ1) is 11.2. The van der Waals surface area contributed by atoms with Gasteiger partial charge in [-0.05, 0) is 42.0 Å². The van der Waals surface area contributed by atoms with E-state index in [1.54, 1.807) is 12.1 Å². The zero-order valence-electron chi connectivity index (χ0n) is 13.0. The monoisotopic (exact) mass is 311 g/mol. The standard InChI is InChI=1S/C18H21N3O2/c19-13-14-1-3-15(4-2-14)18(23)21-11-9-20(10-12-21)16-5-7-17(22)8-6-16/h1-8,22H,9-13,19H2. The zero-order chi connectivity index (χ0) is 16.2. The molecule has 0 radical (unpaired) electrons. The number of nitrogens with two attached hydrogens (primary N) is 1. The van der Waals surface area contributed by atoms with E-state index in [1.807, 2.05) is 41.3 Å². The van der Waals surface area contributed by atoms with E-state index in [1.165, 1.54) is 0 Å². The van der Waals surface area contributed by atoms with E-state index in [0.717, 1.165) is 24.3 Å². The highest BCUT2D eigenvalue weighted by molar-refractivity contribution is 5.94. The van der Waals surface area contributed by atoms with Gasteiger partial charge in [-0.1, -0.05) is 12.1 Å². The van der Waals surface area contributed by atoms with Gasteiger partial charge in [-0.3, -0.25) is 4.79 Å². The molecule has 5 nitrogen and oxygen atoms in total. The molecule has 3 rings (SSSR count). The van der Waals surface area contributed by atoms with Gasteiger partial charge in [-0.15, -0.1) is 0 Å². The number of phenols is 1. The average Bonchev–Trinajstić information content (AvgIpc) is 2.62. The minimum Gasteiger partial charge on any atom is -0.508 e. The van der Waals surface area contributed by atoms with E-state index < -0.39 is 0 Å². The second-order valence-electron chi connectivity index (χ2n) is 5.70. The Morgan fingerprint density at radius 3 is 2.13 bits per heavy atom. The third kappa shape index (κ3) is 3.46. The largest absolute Gasteiger partial charge is 0.508 e. The molecule has 2 aromatic carbocycles. The van der Waals surface area contributed by atoms with Gasteiger partial charge in [0.05, 0.1) is 0 Å². The van der Waals surface area contributed by atoms with Crippen molar-refractivity contribution in [3.8, 4) is 5.75 Å². The van der Waals surface area contributed by atoms with Crippen molar-refractivity contribution < 1.29 is 9.90 Å². The number of carbonyl (C=O) groups is 1. The van der Waals surface area contributed by atoms with Crippen LogP contribution in [0.15, 0.2) is 48.5 Å². The van der Waals surface area contributed by atoms with Crippen LogP contribution in [-0.2, 0) is 6.54 Å². The van der Waals surface area contributed by atoms with E-state index >= 15 is 0 Å². The first-order valence-corrected chi connectivity index (χ1v) is 7.79. The van der Waals surface area contributed by atoms with Gasteiger partial charge < -0.3 is 20.6 Å². The van der Waals surface area contributed by atoms with Crippen molar-refractivity contribution in [2.24, 2.45) is 5.73 Å². The summed E-state index contributed by atoms with van der Waals surface area (Å²) in [6, 6.07) is 14.7. The van der Waals surface area contributed by atoms with Crippen molar-refractivity contribution in [1.82, 2.24) is 4.90 Å². The summed E-state index contributed by atoms with van der Waals surface area (Å²) in [6.45, 7) is 3.45. The molecule has 3 N–H and O–H groups in total. The number of nitrogens with zero attached hydrogens (tertiary/aromatic N) is 2. The van der Waals surface area contributed by atoms with Gasteiger partial charge in [0.25, 0.3) is 5.91 Å². The Bertz CT molecular complexity index is 660. The van der Waals surface area contributed by atoms with Gasteiger partial charge in [0.1, 0.15) is 5.75 Å². The number of amides is 1. The van der Waals surface area contributed by atoms with E-state index in [4.69, 9.17) is 5.73 Å². The molecule has 0 saturated carbocycles. The summed E-state index contributed by atoms with van der Waals surface area (Å²) in [4.78, 5) is 16.6. The summed E-state index contributed by atoms with van der Waals surface area (Å²) < 4.78 is 0. The molecule has 1 saturated heterocycles. The van der Waals surface area contributed by atoms with Crippen molar-refractivity contribution in [1.29, 1.82) is 0 Å². The molecule has 1 fully saturated rings. The Morgan fingerprint density at radius 1 is 0.957 bits per heavy atom. The van der Waals surface area contributed by atoms with Crippen LogP contribution < -0.4 is 10.6 Å². The maximum absolute atomic E-state index is 12.5. The molecule has 0 bridgehead atoms. The smallest absolute Gasteiger partial charge is 0.253 e. The number of carbonyl (C=O) groups excluding carboxylic acids is 1. The fraction of sp³-hybridized carbons (Fsp3) is 0.278. The molecule has 5 heteroatoms. The zero-order valence-corrected chi connectivity index (χ0v) is 13.0. The molecule has 1 amide bonds. The summed E-state index contributed by atoms with van der Waals surface area (Å²) in [7, 11) is 0. The number of rotatable bonds is 3. The fourth-order valence-corrected chi connectivity index (χ4v) is 2.80. The Hall–Kier alpha value is -2.53. The molecule has 0 spiro atoms. The molecule has 0 unspecified atom stereocenters. The highest BCUT2D eigenvalue weighted by Gasteiger charge is 2.22. The maximum atomic E-state index is 12.5. The minimum absolute atomic E-state index is 0.0685. The van der Waals surface area contributed by atoms with Crippen molar-refractivity contribution in [2.75, 3.05) is 31.1 Å². The molecule has 0 aromatic heterocycles. The summed E-state index contributed by atoms with van der Waals surface area (Å²) in [5.74, 6) is 0.336. The molecule has 23 heavy (non-hydrogen) atoms. The van der Waals surface area contributed by atoms with Crippen LogP contribution in [0.25, 0.3) is 0 Å². The molecule has 0 aliphatic carbocycles. The maximum Gasteiger partial charge on any atom is 0.253 e. The average molecular weight is 311 g/mol. The van der Waals surface area contributed by atoms with E-state index in [9.17, 15) is 9.90 Å². The first-order valence-electron chi connectivity index (χ1n) is 7.79. The minimum atomic E-state index is 0.0685. The second kappa shape index (κ2) is 6.71. The van der Waals surface area contributed by atoms with E-state index in [2.05, 4.69) is 4.90 Å². The van der Waals surface area contributed by atoms with Crippen LogP contribution in [0.3, 0.4) is 0 Å². The number of benzene rings is 2. The highest BCUT2D eigenvalue weighted by atomic mass is 16.3. The van der Waals surface area contributed by atoms with Crippen LogP contribution in [0.5, 0.6) is 5.75 Å². The number of phenolic OH excluding ortho intramolecular Hbond substituents is 1. The lowest BCUT2D eigenvalue weighted by molar-refractivity contribution is 0.0747. The number of hydrogen-bond acceptors (Lipinski definition) is 4. The Morgan fingerprint density at radius 2 is 1.57 bits per heavy atom. The Labute approximate surface area is 135 Å². The number of aromatic hydroxyl groups is 1. The van der Waals surface area contributed by atoms with Crippen molar-refractivity contribution in [3.05, 3.63) is 59.7 Å². The van der Waals surface area contributed by atoms with Crippen LogP contribution in [0.2, 0.25) is 0 Å². The van der Waals surface area contributed by atoms with Crippen LogP contribution in [0.1, 0.15) is 15.9 Å². The number of anilines is 1. The third-order valence-corrected chi connectivity index (χ3v) is 4.22. The quantitative estimate of drug-likeness (QED) is 0.907. The summed E-state index contributed by atoms with van der Waals surface area (Å²) in [5, 5.41) is 9.35. The fourth-order valence-electron chi connectivity index (χ4n) is 2.80. The lowest BCUT2D eigenvalue weighted by Gasteiger charge is -2.36. The van der Waals surface area contributed by atoms with Crippen molar-refractivity contribution >= 4 is 11.6 Å². The van der Waals surface area contributed by atoms with Gasteiger partial charge >= 0.3 is 0 Å². The molecular weight excluding hydrogens is 290 g/mol. The Kier molecular flexibility index (Phi) is 4.48. The molecule has 1 heterocycles. The number of piperazine rings is 1. The topological polar surface area (TPSA) is 69.8 Å². The second-order valence-corrected chi connectivity index (χ2v) is 5.70. The predicted octanol–water partition coefficient (Wildman–Crippen LogP) is 1.81. The first kappa shape index (κ1) is 15.4. The molecule has 120 valence electrons. The third-order valence-electron chi connectivity index (χ3n) is 4.22. The lowest BCUT2D eigenvalue weighted by atomic mass is 10.1. The number of hydrogen-bond donors (Lipinski definition) is 2. The highest BCUT2D eigenvalue weighted by Crippen LogP contribution is 2.20. The van der Waals surface area contributed by atoms with Gasteiger partial charge in [0.2, 0.25) is 0 Å². The van der Waals surface area contributed by atoms with Crippen molar-refractivity contribution in [3.63, 3.8) is 0 Å². The molecule has 1 aliphatic heterocycles. The molecule has 0 atom stereocenters. The summed E-state index contributed by atoms with van der Waals surface area (Å²) >= 11 is 0. The van der Waals surface area contributed by atoms with Gasteiger partial charge in [-0.25, -0.2) is 0 Å². The lowest BCUT2D eigenvalue weighted by Crippen LogP contribution is -2.48. The van der Waals surface area contributed by atoms with E-state index in [-0.39, 0.29) is 11.7 Å². The molecular formula is C18H21N3O2.